The first-order valence-corrected chi connectivity index (χ1v) is 12.7. The molecule has 5 rings (SSSR count). The van der Waals surface area contributed by atoms with Crippen LogP contribution in [-0.2, 0) is 6.54 Å². The monoisotopic (exact) mass is 462 g/mol. The summed E-state index contributed by atoms with van der Waals surface area (Å²) in [4.78, 5) is 4.82. The molecule has 1 aliphatic carbocycles. The minimum Gasteiger partial charge on any atom is -0.395 e. The maximum absolute atomic E-state index is 14.3. The molecule has 0 amide bonds. The fraction of sp³-hybridized carbons (Fsp3) is 0.517. The highest BCUT2D eigenvalue weighted by Gasteiger charge is 2.49. The van der Waals surface area contributed by atoms with E-state index in [1.165, 1.54) is 11.6 Å². The Morgan fingerprint density at radius 2 is 1.71 bits per heavy atom. The van der Waals surface area contributed by atoms with Crippen molar-refractivity contribution in [1.82, 2.24) is 9.80 Å². The minimum atomic E-state index is -0.824. The molecule has 0 spiro atoms. The summed E-state index contributed by atoms with van der Waals surface area (Å²) in [6.45, 7) is 3.59. The van der Waals surface area contributed by atoms with Crippen LogP contribution < -0.4 is 0 Å². The van der Waals surface area contributed by atoms with Crippen LogP contribution in [0.5, 0.6) is 0 Å². The van der Waals surface area contributed by atoms with Crippen LogP contribution in [0.4, 0.5) is 4.39 Å². The molecule has 0 radical (unpaired) electrons. The second kappa shape index (κ2) is 10.2. The van der Waals surface area contributed by atoms with Gasteiger partial charge in [0, 0.05) is 42.2 Å². The molecule has 2 aliphatic heterocycles. The molecule has 2 N–H and O–H groups in total. The van der Waals surface area contributed by atoms with E-state index in [4.69, 9.17) is 0 Å². The highest BCUT2D eigenvalue weighted by atomic mass is 19.1. The number of aliphatic hydroxyl groups excluding tert-OH is 1. The quantitative estimate of drug-likeness (QED) is 0.677. The zero-order chi connectivity index (χ0) is 23.5. The SMILES string of the molecule is OC[C@@H]1[C@@H](c2ccc(C#CC3(O)CCCC3)cc2)[C@@H]2CN(Cc3ccccc3F)CCCCN12. The van der Waals surface area contributed by atoms with Gasteiger partial charge >= 0.3 is 0 Å². The number of rotatable bonds is 4. The minimum absolute atomic E-state index is 0.120. The molecule has 1 saturated carbocycles. The Morgan fingerprint density at radius 1 is 0.971 bits per heavy atom. The van der Waals surface area contributed by atoms with Gasteiger partial charge in [-0.3, -0.25) is 9.80 Å². The molecule has 34 heavy (non-hydrogen) atoms. The normalized spacial score (nSPS) is 27.1. The number of hydrogen-bond donors (Lipinski definition) is 2. The average Bonchev–Trinajstić information content (AvgIpc) is 3.27. The average molecular weight is 463 g/mol. The van der Waals surface area contributed by atoms with Crippen molar-refractivity contribution < 1.29 is 14.6 Å². The number of fused-ring (bicyclic) bond motifs is 1. The molecule has 0 bridgehead atoms. The van der Waals surface area contributed by atoms with Crippen molar-refractivity contribution in [3.8, 4) is 11.8 Å². The van der Waals surface area contributed by atoms with Gasteiger partial charge in [0.2, 0.25) is 0 Å². The van der Waals surface area contributed by atoms with Crippen molar-refractivity contribution in [2.45, 2.75) is 68.7 Å². The molecule has 3 fully saturated rings. The summed E-state index contributed by atoms with van der Waals surface area (Å²) in [5, 5.41) is 20.7. The van der Waals surface area contributed by atoms with Crippen molar-refractivity contribution in [3.63, 3.8) is 0 Å². The van der Waals surface area contributed by atoms with Crippen molar-refractivity contribution in [2.24, 2.45) is 0 Å². The van der Waals surface area contributed by atoms with E-state index < -0.39 is 5.60 Å². The molecular formula is C29H35FN2O2. The predicted molar refractivity (Wildman–Crippen MR) is 132 cm³/mol. The van der Waals surface area contributed by atoms with Crippen molar-refractivity contribution in [3.05, 3.63) is 71.0 Å². The van der Waals surface area contributed by atoms with Crippen LogP contribution >= 0.6 is 0 Å². The molecular weight excluding hydrogens is 427 g/mol. The van der Waals surface area contributed by atoms with Crippen LogP contribution in [-0.4, -0.2) is 63.9 Å². The molecule has 4 nitrogen and oxygen atoms in total. The second-order valence-corrected chi connectivity index (χ2v) is 10.2. The van der Waals surface area contributed by atoms with Gasteiger partial charge < -0.3 is 10.2 Å². The molecule has 2 saturated heterocycles. The van der Waals surface area contributed by atoms with Crippen molar-refractivity contribution in [1.29, 1.82) is 0 Å². The molecule has 0 aromatic heterocycles. The van der Waals surface area contributed by atoms with Gasteiger partial charge in [0.05, 0.1) is 6.61 Å². The first-order chi connectivity index (χ1) is 16.6. The lowest BCUT2D eigenvalue weighted by molar-refractivity contribution is -0.0656. The van der Waals surface area contributed by atoms with Crippen LogP contribution in [0.1, 0.15) is 61.1 Å². The second-order valence-electron chi connectivity index (χ2n) is 10.2. The van der Waals surface area contributed by atoms with Crippen LogP contribution in [0.15, 0.2) is 48.5 Å². The zero-order valence-corrected chi connectivity index (χ0v) is 19.8. The van der Waals surface area contributed by atoms with E-state index in [-0.39, 0.29) is 24.4 Å². The summed E-state index contributed by atoms with van der Waals surface area (Å²) in [6.07, 6.45) is 5.78. The van der Waals surface area contributed by atoms with E-state index >= 15 is 0 Å². The van der Waals surface area contributed by atoms with Crippen LogP contribution in [0, 0.1) is 17.7 Å². The summed E-state index contributed by atoms with van der Waals surface area (Å²) in [6, 6.07) is 15.8. The van der Waals surface area contributed by atoms with Crippen LogP contribution in [0.3, 0.4) is 0 Å². The highest BCUT2D eigenvalue weighted by molar-refractivity contribution is 5.40. The smallest absolute Gasteiger partial charge is 0.127 e. The number of aliphatic hydroxyl groups is 2. The maximum Gasteiger partial charge on any atom is 0.127 e. The summed E-state index contributed by atoms with van der Waals surface area (Å²) in [5.41, 5.74) is 2.06. The summed E-state index contributed by atoms with van der Waals surface area (Å²) in [5.74, 6) is 6.35. The lowest BCUT2D eigenvalue weighted by atomic mass is 9.74. The topological polar surface area (TPSA) is 46.9 Å². The Bertz CT molecular complexity index is 1040. The third-order valence-corrected chi connectivity index (χ3v) is 7.97. The van der Waals surface area contributed by atoms with Crippen LogP contribution in [0.2, 0.25) is 0 Å². The van der Waals surface area contributed by atoms with Crippen LogP contribution in [0.25, 0.3) is 0 Å². The lowest BCUT2D eigenvalue weighted by Crippen LogP contribution is -2.67. The fourth-order valence-corrected chi connectivity index (χ4v) is 6.09. The molecule has 3 aliphatic rings. The van der Waals surface area contributed by atoms with E-state index in [0.29, 0.717) is 12.6 Å². The van der Waals surface area contributed by atoms with E-state index in [1.54, 1.807) is 6.07 Å². The van der Waals surface area contributed by atoms with Gasteiger partial charge in [-0.05, 0) is 75.4 Å². The maximum atomic E-state index is 14.3. The van der Waals surface area contributed by atoms with Crippen molar-refractivity contribution in [2.75, 3.05) is 26.2 Å². The van der Waals surface area contributed by atoms with Gasteiger partial charge in [-0.25, -0.2) is 4.39 Å². The Morgan fingerprint density at radius 3 is 2.44 bits per heavy atom. The Balaban J connectivity index is 1.32. The number of nitrogens with zero attached hydrogens (tertiary/aromatic N) is 2. The van der Waals surface area contributed by atoms with E-state index in [0.717, 1.165) is 69.3 Å². The standard InChI is InChI=1S/C29H35FN2O2/c30-25-8-2-1-7-24(25)19-31-17-5-6-18-32-26(20-31)28(27(32)21-33)23-11-9-22(10-12-23)13-16-29(34)14-3-4-15-29/h1-2,7-12,26-28,33-34H,3-6,14-15,17-21H2/t26-,27+,28-/m0/s1. The fourth-order valence-electron chi connectivity index (χ4n) is 6.09. The first kappa shape index (κ1) is 23.5. The zero-order valence-electron chi connectivity index (χ0n) is 19.8. The third kappa shape index (κ3) is 4.92. The van der Waals surface area contributed by atoms with Gasteiger partial charge in [0.1, 0.15) is 11.4 Å². The number of benzene rings is 2. The third-order valence-electron chi connectivity index (χ3n) is 7.97. The summed E-state index contributed by atoms with van der Waals surface area (Å²) in [7, 11) is 0. The summed E-state index contributed by atoms with van der Waals surface area (Å²) < 4.78 is 14.3. The van der Waals surface area contributed by atoms with Gasteiger partial charge in [0.25, 0.3) is 0 Å². The molecule has 2 aromatic rings. The largest absolute Gasteiger partial charge is 0.395 e. The number of halogens is 1. The van der Waals surface area contributed by atoms with Gasteiger partial charge in [0.15, 0.2) is 0 Å². The molecule has 5 heteroatoms. The Kier molecular flexibility index (Phi) is 7.04. The highest BCUT2D eigenvalue weighted by Crippen LogP contribution is 2.42. The van der Waals surface area contributed by atoms with Gasteiger partial charge in [-0.1, -0.05) is 42.2 Å². The Labute approximate surface area is 202 Å². The molecule has 2 aromatic carbocycles. The first-order valence-electron chi connectivity index (χ1n) is 12.7. The van der Waals surface area contributed by atoms with E-state index in [1.807, 2.05) is 24.3 Å². The molecule has 3 atom stereocenters. The summed E-state index contributed by atoms with van der Waals surface area (Å²) >= 11 is 0. The van der Waals surface area contributed by atoms with Gasteiger partial charge in [-0.2, -0.15) is 0 Å². The molecule has 2 heterocycles. The Hall–Kier alpha value is -2.23. The molecule has 180 valence electrons. The van der Waals surface area contributed by atoms with E-state index in [2.05, 4.69) is 33.8 Å². The number of hydrogen-bond acceptors (Lipinski definition) is 4. The molecule has 0 unspecified atom stereocenters. The van der Waals surface area contributed by atoms with Gasteiger partial charge in [-0.15, -0.1) is 0 Å². The van der Waals surface area contributed by atoms with Crippen molar-refractivity contribution >= 4 is 0 Å². The lowest BCUT2D eigenvalue weighted by Gasteiger charge is -2.57. The van der Waals surface area contributed by atoms with E-state index in [9.17, 15) is 14.6 Å². The predicted octanol–water partition coefficient (Wildman–Crippen LogP) is 3.91.